The Morgan fingerprint density at radius 2 is 2.24 bits per heavy atom. The van der Waals surface area contributed by atoms with Crippen LogP contribution in [0.3, 0.4) is 0 Å². The maximum atomic E-state index is 11.8. The highest BCUT2D eigenvalue weighted by Crippen LogP contribution is 2.22. The van der Waals surface area contributed by atoms with E-state index in [0.717, 1.165) is 19.4 Å². The third-order valence-electron chi connectivity index (χ3n) is 3.38. The molecule has 21 heavy (non-hydrogen) atoms. The van der Waals surface area contributed by atoms with Gasteiger partial charge >= 0.3 is 11.9 Å². The minimum absolute atomic E-state index is 0.160. The number of hydrogen-bond acceptors (Lipinski definition) is 7. The van der Waals surface area contributed by atoms with Crippen molar-refractivity contribution in [2.75, 3.05) is 31.7 Å². The van der Waals surface area contributed by atoms with E-state index in [4.69, 9.17) is 4.74 Å². The quantitative estimate of drug-likeness (QED) is 0.767. The summed E-state index contributed by atoms with van der Waals surface area (Å²) >= 11 is 0. The molecule has 1 saturated heterocycles. The van der Waals surface area contributed by atoms with Gasteiger partial charge in [0.05, 0.1) is 32.0 Å². The Balaban J connectivity index is 2.10. The van der Waals surface area contributed by atoms with Crippen LogP contribution >= 0.6 is 0 Å². The number of ether oxygens (including phenoxy) is 2. The van der Waals surface area contributed by atoms with E-state index in [1.54, 1.807) is 13.1 Å². The number of anilines is 1. The van der Waals surface area contributed by atoms with Gasteiger partial charge in [-0.15, -0.1) is 0 Å². The number of nitrogens with zero attached hydrogens (tertiary/aromatic N) is 3. The molecule has 7 heteroatoms. The van der Waals surface area contributed by atoms with Crippen molar-refractivity contribution in [2.24, 2.45) is 5.92 Å². The summed E-state index contributed by atoms with van der Waals surface area (Å²) in [7, 11) is 1.30. The van der Waals surface area contributed by atoms with Crippen molar-refractivity contribution in [3.05, 3.63) is 18.1 Å². The summed E-state index contributed by atoms with van der Waals surface area (Å²) in [4.78, 5) is 33.5. The summed E-state index contributed by atoms with van der Waals surface area (Å²) in [5.74, 6) is -0.295. The molecule has 0 bridgehead atoms. The van der Waals surface area contributed by atoms with Crippen LogP contribution < -0.4 is 4.90 Å². The van der Waals surface area contributed by atoms with E-state index in [-0.39, 0.29) is 17.6 Å². The Morgan fingerprint density at radius 3 is 2.95 bits per heavy atom. The average Bonchev–Trinajstić information content (AvgIpc) is 2.54. The number of aromatic nitrogens is 2. The van der Waals surface area contributed by atoms with Crippen molar-refractivity contribution in [1.29, 1.82) is 0 Å². The van der Waals surface area contributed by atoms with Crippen LogP contribution in [-0.2, 0) is 14.3 Å². The number of rotatable bonds is 4. The van der Waals surface area contributed by atoms with Crippen LogP contribution in [-0.4, -0.2) is 48.7 Å². The molecule has 1 fully saturated rings. The van der Waals surface area contributed by atoms with Gasteiger partial charge in [-0.1, -0.05) is 0 Å². The Hall–Kier alpha value is -2.18. The molecule has 0 amide bonds. The van der Waals surface area contributed by atoms with Crippen molar-refractivity contribution in [1.82, 2.24) is 9.97 Å². The first-order valence-corrected chi connectivity index (χ1v) is 6.97. The summed E-state index contributed by atoms with van der Waals surface area (Å²) in [6.07, 6.45) is 4.62. The first-order valence-electron chi connectivity index (χ1n) is 6.97. The van der Waals surface area contributed by atoms with Gasteiger partial charge in [0.25, 0.3) is 0 Å². The van der Waals surface area contributed by atoms with Gasteiger partial charge in [0.15, 0.2) is 5.69 Å². The molecule has 2 rings (SSSR count). The number of piperidine rings is 1. The SMILES string of the molecule is CCOC(=O)C1CCCN(c2cncc(C(=O)OC)n2)C1. The van der Waals surface area contributed by atoms with Gasteiger partial charge in [-0.05, 0) is 19.8 Å². The third-order valence-corrected chi connectivity index (χ3v) is 3.38. The largest absolute Gasteiger partial charge is 0.466 e. The molecule has 0 radical (unpaired) electrons. The van der Waals surface area contributed by atoms with Crippen molar-refractivity contribution in [2.45, 2.75) is 19.8 Å². The Labute approximate surface area is 123 Å². The molecule has 0 saturated carbocycles. The first-order chi connectivity index (χ1) is 10.2. The number of methoxy groups -OCH3 is 1. The second-order valence-corrected chi connectivity index (χ2v) is 4.79. The number of esters is 2. The standard InChI is InChI=1S/C14H19N3O4/c1-3-21-13(18)10-5-4-6-17(9-10)12-8-15-7-11(16-12)14(19)20-2/h7-8,10H,3-6,9H2,1-2H3. The number of hydrogen-bond donors (Lipinski definition) is 0. The molecule has 1 aliphatic heterocycles. The lowest BCUT2D eigenvalue weighted by atomic mass is 9.98. The lowest BCUT2D eigenvalue weighted by Gasteiger charge is -2.32. The lowest BCUT2D eigenvalue weighted by Crippen LogP contribution is -2.40. The van der Waals surface area contributed by atoms with Crippen LogP contribution in [0.15, 0.2) is 12.4 Å². The van der Waals surface area contributed by atoms with E-state index in [1.165, 1.54) is 13.3 Å². The maximum Gasteiger partial charge on any atom is 0.358 e. The molecular formula is C14H19N3O4. The average molecular weight is 293 g/mol. The van der Waals surface area contributed by atoms with E-state index in [2.05, 4.69) is 14.7 Å². The monoisotopic (exact) mass is 293 g/mol. The molecule has 0 aromatic carbocycles. The fraction of sp³-hybridized carbons (Fsp3) is 0.571. The molecule has 0 N–H and O–H groups in total. The zero-order valence-corrected chi connectivity index (χ0v) is 12.2. The Morgan fingerprint density at radius 1 is 1.43 bits per heavy atom. The van der Waals surface area contributed by atoms with Gasteiger partial charge < -0.3 is 14.4 Å². The van der Waals surface area contributed by atoms with E-state index < -0.39 is 5.97 Å². The van der Waals surface area contributed by atoms with Crippen LogP contribution in [0.1, 0.15) is 30.3 Å². The molecule has 0 spiro atoms. The minimum Gasteiger partial charge on any atom is -0.466 e. The van der Waals surface area contributed by atoms with Gasteiger partial charge in [-0.2, -0.15) is 0 Å². The summed E-state index contributed by atoms with van der Waals surface area (Å²) < 4.78 is 9.70. The van der Waals surface area contributed by atoms with Crippen LogP contribution in [0.25, 0.3) is 0 Å². The van der Waals surface area contributed by atoms with E-state index in [0.29, 0.717) is 19.0 Å². The zero-order chi connectivity index (χ0) is 15.2. The second kappa shape index (κ2) is 7.01. The van der Waals surface area contributed by atoms with Crippen LogP contribution in [0, 0.1) is 5.92 Å². The predicted molar refractivity (Wildman–Crippen MR) is 74.9 cm³/mol. The molecule has 0 aliphatic carbocycles. The fourth-order valence-corrected chi connectivity index (χ4v) is 2.35. The molecule has 7 nitrogen and oxygen atoms in total. The molecule has 2 heterocycles. The van der Waals surface area contributed by atoms with Crippen LogP contribution in [0.4, 0.5) is 5.82 Å². The highest BCUT2D eigenvalue weighted by Gasteiger charge is 2.28. The highest BCUT2D eigenvalue weighted by atomic mass is 16.5. The Kier molecular flexibility index (Phi) is 5.08. The van der Waals surface area contributed by atoms with Gasteiger partial charge in [0.2, 0.25) is 0 Å². The molecule has 1 aromatic heterocycles. The van der Waals surface area contributed by atoms with E-state index >= 15 is 0 Å². The summed E-state index contributed by atoms with van der Waals surface area (Å²) in [5.41, 5.74) is 0.160. The zero-order valence-electron chi connectivity index (χ0n) is 12.2. The molecule has 1 aliphatic rings. The normalized spacial score (nSPS) is 18.2. The highest BCUT2D eigenvalue weighted by molar-refractivity contribution is 5.87. The van der Waals surface area contributed by atoms with Gasteiger partial charge in [0.1, 0.15) is 5.82 Å². The van der Waals surface area contributed by atoms with Gasteiger partial charge in [-0.25, -0.2) is 9.78 Å². The first kappa shape index (κ1) is 15.2. The van der Waals surface area contributed by atoms with Crippen molar-refractivity contribution >= 4 is 17.8 Å². The fourth-order valence-electron chi connectivity index (χ4n) is 2.35. The lowest BCUT2D eigenvalue weighted by molar-refractivity contribution is -0.148. The third kappa shape index (κ3) is 3.68. The molecule has 1 aromatic rings. The van der Waals surface area contributed by atoms with Crippen molar-refractivity contribution < 1.29 is 19.1 Å². The minimum atomic E-state index is -0.525. The van der Waals surface area contributed by atoms with Crippen LogP contribution in [0.2, 0.25) is 0 Å². The van der Waals surface area contributed by atoms with E-state index in [9.17, 15) is 9.59 Å². The van der Waals surface area contributed by atoms with Crippen molar-refractivity contribution in [3.63, 3.8) is 0 Å². The van der Waals surface area contributed by atoms with Crippen molar-refractivity contribution in [3.8, 4) is 0 Å². The predicted octanol–water partition coefficient (Wildman–Crippen LogP) is 1.04. The summed E-state index contributed by atoms with van der Waals surface area (Å²) in [6, 6.07) is 0. The van der Waals surface area contributed by atoms with Crippen LogP contribution in [0.5, 0.6) is 0 Å². The van der Waals surface area contributed by atoms with E-state index in [1.807, 2.05) is 4.90 Å². The molecule has 114 valence electrons. The molecule has 1 atom stereocenters. The number of carbonyl (C=O) groups is 2. The topological polar surface area (TPSA) is 81.6 Å². The summed E-state index contributed by atoms with van der Waals surface area (Å²) in [6.45, 7) is 3.48. The number of carbonyl (C=O) groups excluding carboxylic acids is 2. The smallest absolute Gasteiger partial charge is 0.358 e. The van der Waals surface area contributed by atoms with Gasteiger partial charge in [-0.3, -0.25) is 9.78 Å². The molecular weight excluding hydrogens is 274 g/mol. The maximum absolute atomic E-state index is 11.8. The summed E-state index contributed by atoms with van der Waals surface area (Å²) in [5, 5.41) is 0. The molecule has 1 unspecified atom stereocenters. The second-order valence-electron chi connectivity index (χ2n) is 4.79. The Bertz CT molecular complexity index is 521. The van der Waals surface area contributed by atoms with Gasteiger partial charge in [0, 0.05) is 13.1 Å².